The van der Waals surface area contributed by atoms with Crippen LogP contribution in [-0.2, 0) is 6.54 Å². The first-order valence-corrected chi connectivity index (χ1v) is 7.82. The molecule has 1 nitrogen and oxygen atoms in total. The smallest absolute Gasteiger partial charge is 0.0835 e. The van der Waals surface area contributed by atoms with Gasteiger partial charge in [-0.3, -0.25) is 0 Å². The van der Waals surface area contributed by atoms with E-state index in [1.54, 1.807) is 0 Å². The third-order valence-electron chi connectivity index (χ3n) is 2.41. The van der Waals surface area contributed by atoms with Crippen molar-refractivity contribution in [3.05, 3.63) is 60.0 Å². The van der Waals surface area contributed by atoms with Gasteiger partial charge in [-0.05, 0) is 68.3 Å². The molecule has 94 valence electrons. The Hall–Kier alpha value is 0.0300. The van der Waals surface area contributed by atoms with Gasteiger partial charge < -0.3 is 5.32 Å². The molecule has 0 aliphatic rings. The molecule has 0 saturated carbocycles. The quantitative estimate of drug-likeness (QED) is 0.443. The second-order valence-electron chi connectivity index (χ2n) is 3.71. The van der Waals surface area contributed by atoms with E-state index < -0.39 is 0 Å². The molecule has 0 radical (unpaired) electrons. The van der Waals surface area contributed by atoms with Gasteiger partial charge in [0.05, 0.1) is 15.7 Å². The van der Waals surface area contributed by atoms with E-state index in [0.29, 0.717) is 16.6 Å². The minimum absolute atomic E-state index is 0.532. The molecule has 0 aliphatic carbocycles. The Morgan fingerprint density at radius 2 is 1.89 bits per heavy atom. The maximum Gasteiger partial charge on any atom is 0.0835 e. The Balaban J connectivity index is 2.14. The van der Waals surface area contributed by atoms with Crippen molar-refractivity contribution in [2.24, 2.45) is 0 Å². The van der Waals surface area contributed by atoms with Crippen LogP contribution in [0.5, 0.6) is 0 Å². The zero-order valence-electron chi connectivity index (χ0n) is 9.18. The molecule has 5 heteroatoms. The largest absolute Gasteiger partial charge is 0.380 e. The predicted octanol–water partition coefficient (Wildman–Crippen LogP) is 5.97. The number of rotatable bonds is 3. The van der Waals surface area contributed by atoms with E-state index in [4.69, 9.17) is 23.2 Å². The normalized spacial score (nSPS) is 10.4. The highest BCUT2D eigenvalue weighted by Crippen LogP contribution is 2.35. The summed E-state index contributed by atoms with van der Waals surface area (Å²) in [6.45, 7) is 0.717. The summed E-state index contributed by atoms with van der Waals surface area (Å²) in [7, 11) is 0. The van der Waals surface area contributed by atoms with Crippen molar-refractivity contribution in [3.63, 3.8) is 0 Å². The van der Waals surface area contributed by atoms with Crippen molar-refractivity contribution in [2.45, 2.75) is 6.54 Å². The first kappa shape index (κ1) is 14.4. The monoisotopic (exact) mass is 455 g/mol. The molecule has 1 N–H and O–H groups in total. The highest BCUT2D eigenvalue weighted by atomic mass is 127. The van der Waals surface area contributed by atoms with E-state index in [9.17, 15) is 0 Å². The van der Waals surface area contributed by atoms with E-state index in [2.05, 4.69) is 62.0 Å². The Labute approximate surface area is 138 Å². The number of hydrogen-bond acceptors (Lipinski definition) is 1. The van der Waals surface area contributed by atoms with Crippen molar-refractivity contribution in [2.75, 3.05) is 5.32 Å². The van der Waals surface area contributed by atoms with E-state index in [-0.39, 0.29) is 0 Å². The number of anilines is 1. The van der Waals surface area contributed by atoms with Gasteiger partial charge >= 0.3 is 0 Å². The van der Waals surface area contributed by atoms with Crippen LogP contribution in [0, 0.1) is 3.57 Å². The Morgan fingerprint density at radius 1 is 1.11 bits per heavy atom. The standard InChI is InChI=1S/C13H9BrCl2IN/c14-10-4-5-11(13(16)12(10)15)18-7-8-2-1-3-9(17)6-8/h1-6,18H,7H2. The summed E-state index contributed by atoms with van der Waals surface area (Å²) in [5.74, 6) is 0. The topological polar surface area (TPSA) is 12.0 Å². The maximum atomic E-state index is 6.17. The van der Waals surface area contributed by atoms with Crippen molar-refractivity contribution < 1.29 is 0 Å². The number of benzene rings is 2. The molecule has 2 rings (SSSR count). The van der Waals surface area contributed by atoms with Gasteiger partial charge in [-0.1, -0.05) is 35.3 Å². The van der Waals surface area contributed by atoms with Crippen LogP contribution in [0.15, 0.2) is 40.9 Å². The Morgan fingerprint density at radius 3 is 2.61 bits per heavy atom. The van der Waals surface area contributed by atoms with Crippen LogP contribution in [0.3, 0.4) is 0 Å². The third kappa shape index (κ3) is 3.53. The van der Waals surface area contributed by atoms with Gasteiger partial charge in [0.25, 0.3) is 0 Å². The molecule has 0 unspecified atom stereocenters. The van der Waals surface area contributed by atoms with Crippen LogP contribution in [0.25, 0.3) is 0 Å². The van der Waals surface area contributed by atoms with E-state index in [1.807, 2.05) is 18.2 Å². The van der Waals surface area contributed by atoms with E-state index >= 15 is 0 Å². The second kappa shape index (κ2) is 6.46. The average Bonchev–Trinajstić information content (AvgIpc) is 2.35. The highest BCUT2D eigenvalue weighted by Gasteiger charge is 2.07. The summed E-state index contributed by atoms with van der Waals surface area (Å²) in [5, 5.41) is 4.35. The molecule has 2 aromatic carbocycles. The van der Waals surface area contributed by atoms with Crippen LogP contribution in [0.1, 0.15) is 5.56 Å². The first-order chi connectivity index (χ1) is 8.58. The summed E-state index contributed by atoms with van der Waals surface area (Å²) in [6, 6.07) is 12.1. The molecule has 0 heterocycles. The third-order valence-corrected chi connectivity index (χ3v) is 4.85. The van der Waals surface area contributed by atoms with Gasteiger partial charge in [-0.25, -0.2) is 0 Å². The van der Waals surface area contributed by atoms with Gasteiger partial charge in [0.2, 0.25) is 0 Å². The zero-order valence-corrected chi connectivity index (χ0v) is 14.4. The molecule has 0 fully saturated rings. The molecular formula is C13H9BrCl2IN. The highest BCUT2D eigenvalue weighted by molar-refractivity contribution is 14.1. The lowest BCUT2D eigenvalue weighted by Gasteiger charge is -2.10. The molecule has 0 bridgehead atoms. The Kier molecular flexibility index (Phi) is 5.18. The molecule has 0 atom stereocenters. The molecule has 0 amide bonds. The molecule has 0 saturated heterocycles. The van der Waals surface area contributed by atoms with Crippen LogP contribution >= 0.6 is 61.7 Å². The zero-order chi connectivity index (χ0) is 13.1. The summed E-state index contributed by atoms with van der Waals surface area (Å²) in [4.78, 5) is 0. The van der Waals surface area contributed by atoms with Crippen molar-refractivity contribution in [3.8, 4) is 0 Å². The predicted molar refractivity (Wildman–Crippen MR) is 90.6 cm³/mol. The SMILES string of the molecule is Clc1c(Br)ccc(NCc2cccc(I)c2)c1Cl. The molecule has 2 aromatic rings. The van der Waals surface area contributed by atoms with Gasteiger partial charge in [-0.15, -0.1) is 0 Å². The molecule has 0 aromatic heterocycles. The van der Waals surface area contributed by atoms with Gasteiger partial charge in [0.1, 0.15) is 0 Å². The van der Waals surface area contributed by atoms with Gasteiger partial charge in [-0.2, -0.15) is 0 Å². The van der Waals surface area contributed by atoms with Crippen LogP contribution in [0.4, 0.5) is 5.69 Å². The van der Waals surface area contributed by atoms with Crippen molar-refractivity contribution in [1.82, 2.24) is 0 Å². The number of hydrogen-bond donors (Lipinski definition) is 1. The minimum Gasteiger partial charge on any atom is -0.380 e. The minimum atomic E-state index is 0.532. The molecular weight excluding hydrogens is 448 g/mol. The molecule has 0 aliphatic heterocycles. The lowest BCUT2D eigenvalue weighted by Crippen LogP contribution is -2.00. The lowest BCUT2D eigenvalue weighted by molar-refractivity contribution is 1.15. The fourth-order valence-electron chi connectivity index (χ4n) is 1.51. The van der Waals surface area contributed by atoms with Crippen molar-refractivity contribution in [1.29, 1.82) is 0 Å². The second-order valence-corrected chi connectivity index (χ2v) is 6.56. The summed E-state index contributed by atoms with van der Waals surface area (Å²) in [5.41, 5.74) is 2.04. The lowest BCUT2D eigenvalue weighted by atomic mass is 10.2. The maximum absolute atomic E-state index is 6.17. The average molecular weight is 457 g/mol. The first-order valence-electron chi connectivity index (χ1n) is 5.20. The van der Waals surface area contributed by atoms with Crippen LogP contribution in [-0.4, -0.2) is 0 Å². The van der Waals surface area contributed by atoms with Gasteiger partial charge in [0.15, 0.2) is 0 Å². The fraction of sp³-hybridized carbons (Fsp3) is 0.0769. The number of nitrogens with one attached hydrogen (secondary N) is 1. The summed E-state index contributed by atoms with van der Waals surface area (Å²) >= 11 is 17.9. The van der Waals surface area contributed by atoms with Gasteiger partial charge in [0, 0.05) is 14.6 Å². The van der Waals surface area contributed by atoms with E-state index in [0.717, 1.165) is 10.2 Å². The molecule has 0 spiro atoms. The van der Waals surface area contributed by atoms with Crippen molar-refractivity contribution >= 4 is 67.4 Å². The molecule has 18 heavy (non-hydrogen) atoms. The fourth-order valence-corrected chi connectivity index (χ4v) is 2.96. The summed E-state index contributed by atoms with van der Waals surface area (Å²) < 4.78 is 2.01. The van der Waals surface area contributed by atoms with E-state index in [1.165, 1.54) is 9.13 Å². The summed E-state index contributed by atoms with van der Waals surface area (Å²) in [6.07, 6.45) is 0. The van der Waals surface area contributed by atoms with Crippen LogP contribution in [0.2, 0.25) is 10.0 Å². The van der Waals surface area contributed by atoms with Crippen LogP contribution < -0.4 is 5.32 Å². The number of halogens is 4. The Bertz CT molecular complexity index is 575.